The first-order valence-electron chi connectivity index (χ1n) is 6.45. The highest BCUT2D eigenvalue weighted by Crippen LogP contribution is 2.34. The summed E-state index contributed by atoms with van der Waals surface area (Å²) in [7, 11) is 1.92. The number of carbonyl (C=O) groups excluding carboxylic acids is 1. The molecule has 0 bridgehead atoms. The number of halogens is 1. The Morgan fingerprint density at radius 2 is 2.05 bits per heavy atom. The second-order valence-corrected chi connectivity index (χ2v) is 5.84. The molecule has 1 aromatic heterocycles. The van der Waals surface area contributed by atoms with Gasteiger partial charge in [-0.25, -0.2) is 4.98 Å². The zero-order chi connectivity index (χ0) is 14.9. The number of rotatable bonds is 3. The molecule has 1 aliphatic rings. The monoisotopic (exact) mass is 341 g/mol. The van der Waals surface area contributed by atoms with Crippen LogP contribution in [0.1, 0.15) is 31.2 Å². The highest BCUT2D eigenvalue weighted by Gasteiger charge is 2.26. The van der Waals surface area contributed by atoms with Crippen molar-refractivity contribution in [3.8, 4) is 0 Å². The number of hydrogen-bond donors (Lipinski definition) is 0. The highest BCUT2D eigenvalue weighted by atomic mass is 79.9. The molecule has 0 amide bonds. The summed E-state index contributed by atoms with van der Waals surface area (Å²) in [4.78, 5) is 28.0. The maximum absolute atomic E-state index is 11.3. The van der Waals surface area contributed by atoms with E-state index in [1.165, 1.54) is 6.20 Å². The van der Waals surface area contributed by atoms with E-state index in [2.05, 4.69) is 20.9 Å². The van der Waals surface area contributed by atoms with Crippen molar-refractivity contribution in [2.24, 2.45) is 0 Å². The zero-order valence-corrected chi connectivity index (χ0v) is 13.0. The first-order chi connectivity index (χ1) is 9.41. The van der Waals surface area contributed by atoms with Gasteiger partial charge in [0.05, 0.1) is 9.40 Å². The largest absolute Gasteiger partial charge is 0.356 e. The second kappa shape index (κ2) is 5.87. The third kappa shape index (κ3) is 2.82. The molecule has 0 spiro atoms. The fourth-order valence-electron chi connectivity index (χ4n) is 2.47. The lowest BCUT2D eigenvalue weighted by Gasteiger charge is -2.32. The Hall–Kier alpha value is -1.50. The molecule has 0 unspecified atom stereocenters. The fourth-order valence-corrected chi connectivity index (χ4v) is 3.06. The van der Waals surface area contributed by atoms with Gasteiger partial charge < -0.3 is 4.90 Å². The van der Waals surface area contributed by atoms with E-state index in [1.54, 1.807) is 6.92 Å². The van der Waals surface area contributed by atoms with E-state index in [9.17, 15) is 14.9 Å². The third-order valence-electron chi connectivity index (χ3n) is 3.81. The number of nitrogens with zero attached hydrogens (tertiary/aromatic N) is 3. The Morgan fingerprint density at radius 1 is 1.45 bits per heavy atom. The lowest BCUT2D eigenvalue weighted by Crippen LogP contribution is -2.36. The standard InChI is InChI=1S/C13H16BrN3O3/c1-8-11(17(19)20)7-15-13(12(8)14)16(2)9-3-5-10(18)6-4-9/h7,9H,3-6H2,1-2H3. The normalized spacial score (nSPS) is 16.2. The number of carbonyl (C=O) groups is 1. The van der Waals surface area contributed by atoms with Crippen LogP contribution >= 0.6 is 15.9 Å². The van der Waals surface area contributed by atoms with Crippen LogP contribution in [0.25, 0.3) is 0 Å². The molecule has 0 atom stereocenters. The number of aromatic nitrogens is 1. The van der Waals surface area contributed by atoms with E-state index in [0.717, 1.165) is 12.8 Å². The molecule has 20 heavy (non-hydrogen) atoms. The van der Waals surface area contributed by atoms with Gasteiger partial charge in [-0.15, -0.1) is 0 Å². The summed E-state index contributed by atoms with van der Waals surface area (Å²) in [5.41, 5.74) is 0.576. The molecule has 0 radical (unpaired) electrons. The SMILES string of the molecule is Cc1c([N+](=O)[O-])cnc(N(C)C2CCC(=O)CC2)c1Br. The van der Waals surface area contributed by atoms with Crippen LogP contribution in [0.4, 0.5) is 11.5 Å². The van der Waals surface area contributed by atoms with Crippen LogP contribution in [0, 0.1) is 17.0 Å². The zero-order valence-electron chi connectivity index (χ0n) is 11.4. The molecule has 7 heteroatoms. The van der Waals surface area contributed by atoms with Crippen molar-refractivity contribution in [3.63, 3.8) is 0 Å². The van der Waals surface area contributed by atoms with E-state index < -0.39 is 4.92 Å². The molecular formula is C13H16BrN3O3. The van der Waals surface area contributed by atoms with Crippen LogP contribution in [-0.4, -0.2) is 28.8 Å². The second-order valence-electron chi connectivity index (χ2n) is 5.04. The molecule has 108 valence electrons. The van der Waals surface area contributed by atoms with Gasteiger partial charge in [0.25, 0.3) is 5.69 Å². The smallest absolute Gasteiger partial charge is 0.291 e. The summed E-state index contributed by atoms with van der Waals surface area (Å²) in [6.45, 7) is 1.70. The van der Waals surface area contributed by atoms with Crippen molar-refractivity contribution in [1.82, 2.24) is 4.98 Å². The van der Waals surface area contributed by atoms with Crippen molar-refractivity contribution in [3.05, 3.63) is 26.3 Å². The van der Waals surface area contributed by atoms with Crippen molar-refractivity contribution in [1.29, 1.82) is 0 Å². The summed E-state index contributed by atoms with van der Waals surface area (Å²) in [6, 6.07) is 0.248. The molecule has 0 N–H and O–H groups in total. The Bertz CT molecular complexity index is 552. The van der Waals surface area contributed by atoms with E-state index >= 15 is 0 Å². The molecule has 0 saturated heterocycles. The quantitative estimate of drug-likeness (QED) is 0.623. The molecule has 2 rings (SSSR count). The Kier molecular flexibility index (Phi) is 4.37. The molecule has 0 aromatic carbocycles. The maximum Gasteiger partial charge on any atom is 0.291 e. The lowest BCUT2D eigenvalue weighted by molar-refractivity contribution is -0.385. The molecule has 6 nitrogen and oxygen atoms in total. The lowest BCUT2D eigenvalue weighted by atomic mass is 9.93. The summed E-state index contributed by atoms with van der Waals surface area (Å²) >= 11 is 3.40. The van der Waals surface area contributed by atoms with Crippen LogP contribution in [0.15, 0.2) is 10.7 Å². The van der Waals surface area contributed by atoms with E-state index in [1.807, 2.05) is 11.9 Å². The van der Waals surface area contributed by atoms with Crippen LogP contribution in [0.5, 0.6) is 0 Å². The number of anilines is 1. The number of ketones is 1. The highest BCUT2D eigenvalue weighted by molar-refractivity contribution is 9.10. The number of nitro groups is 1. The van der Waals surface area contributed by atoms with Crippen molar-refractivity contribution >= 4 is 33.2 Å². The average Bonchev–Trinajstić information content (AvgIpc) is 2.41. The predicted molar refractivity (Wildman–Crippen MR) is 79.0 cm³/mol. The topological polar surface area (TPSA) is 76.3 Å². The van der Waals surface area contributed by atoms with Gasteiger partial charge in [0.15, 0.2) is 0 Å². The average molecular weight is 342 g/mol. The van der Waals surface area contributed by atoms with Gasteiger partial charge in [-0.1, -0.05) is 0 Å². The van der Waals surface area contributed by atoms with E-state index in [4.69, 9.17) is 0 Å². The third-order valence-corrected chi connectivity index (χ3v) is 4.76. The predicted octanol–water partition coefficient (Wildman–Crippen LogP) is 3.01. The fraction of sp³-hybridized carbons (Fsp3) is 0.538. The molecule has 1 aromatic rings. The first-order valence-corrected chi connectivity index (χ1v) is 7.25. The molecule has 1 heterocycles. The van der Waals surface area contributed by atoms with Gasteiger partial charge in [0.1, 0.15) is 17.8 Å². The van der Waals surface area contributed by atoms with Gasteiger partial charge in [-0.05, 0) is 35.7 Å². The molecule has 0 aliphatic heterocycles. The summed E-state index contributed by atoms with van der Waals surface area (Å²) in [5, 5.41) is 10.9. The van der Waals surface area contributed by atoms with Crippen LogP contribution in [-0.2, 0) is 4.79 Å². The van der Waals surface area contributed by atoms with Gasteiger partial charge in [-0.3, -0.25) is 14.9 Å². The first kappa shape index (κ1) is 14.9. The van der Waals surface area contributed by atoms with Crippen LogP contribution in [0.3, 0.4) is 0 Å². The van der Waals surface area contributed by atoms with E-state index in [-0.39, 0.29) is 11.7 Å². The molecule has 1 saturated carbocycles. The van der Waals surface area contributed by atoms with Crippen LogP contribution in [0.2, 0.25) is 0 Å². The molecule has 1 aliphatic carbocycles. The minimum absolute atomic E-state index is 0.00727. The Balaban J connectivity index is 2.26. The Labute approximate surface area is 125 Å². The molecule has 1 fully saturated rings. The minimum atomic E-state index is -0.434. The van der Waals surface area contributed by atoms with Gasteiger partial charge in [0, 0.05) is 31.5 Å². The molecular weight excluding hydrogens is 326 g/mol. The Morgan fingerprint density at radius 3 is 2.60 bits per heavy atom. The number of pyridine rings is 1. The maximum atomic E-state index is 11.3. The number of Topliss-reactive ketones (excluding diaryl/α,β-unsaturated/α-hetero) is 1. The van der Waals surface area contributed by atoms with Crippen LogP contribution < -0.4 is 4.90 Å². The summed E-state index contributed by atoms with van der Waals surface area (Å²) in [5.74, 6) is 0.994. The summed E-state index contributed by atoms with van der Waals surface area (Å²) in [6.07, 6.45) is 4.09. The number of hydrogen-bond acceptors (Lipinski definition) is 5. The van der Waals surface area contributed by atoms with Crippen molar-refractivity contribution < 1.29 is 9.72 Å². The van der Waals surface area contributed by atoms with Gasteiger partial charge >= 0.3 is 0 Å². The van der Waals surface area contributed by atoms with Crippen molar-refractivity contribution in [2.75, 3.05) is 11.9 Å². The van der Waals surface area contributed by atoms with E-state index in [0.29, 0.717) is 34.5 Å². The van der Waals surface area contributed by atoms with Crippen molar-refractivity contribution in [2.45, 2.75) is 38.6 Å². The summed E-state index contributed by atoms with van der Waals surface area (Å²) < 4.78 is 0.645. The minimum Gasteiger partial charge on any atom is -0.356 e. The van der Waals surface area contributed by atoms with Gasteiger partial charge in [0.2, 0.25) is 0 Å². The van der Waals surface area contributed by atoms with Gasteiger partial charge in [-0.2, -0.15) is 0 Å².